The van der Waals surface area contributed by atoms with E-state index in [1.165, 1.54) is 0 Å². The first kappa shape index (κ1) is 24.5. The van der Waals surface area contributed by atoms with E-state index in [0.29, 0.717) is 18.7 Å². The number of carbonyl (C=O) groups excluding carboxylic acids is 1. The fourth-order valence-electron chi connectivity index (χ4n) is 2.13. The minimum atomic E-state index is -0.129. The van der Waals surface area contributed by atoms with Crippen molar-refractivity contribution in [2.45, 2.75) is 6.42 Å². The lowest BCUT2D eigenvalue weighted by Crippen LogP contribution is -2.43. The number of rotatable bonds is 11. The number of aromatic nitrogens is 1. The first-order valence-corrected chi connectivity index (χ1v) is 8.47. The highest BCUT2D eigenvalue weighted by atomic mass is 127. The van der Waals surface area contributed by atoms with Gasteiger partial charge in [0.15, 0.2) is 5.96 Å². The zero-order valence-electron chi connectivity index (χ0n) is 15.8. The summed E-state index contributed by atoms with van der Waals surface area (Å²) in [6.45, 7) is 4.60. The van der Waals surface area contributed by atoms with Crippen molar-refractivity contribution in [2.75, 3.05) is 60.5 Å². The number of likely N-dealkylation sites (N-methyl/N-ethyl adjacent to an activating group) is 1. The molecule has 1 amide bonds. The van der Waals surface area contributed by atoms with Gasteiger partial charge in [-0.15, -0.1) is 24.0 Å². The molecule has 8 nitrogen and oxygen atoms in total. The maximum atomic E-state index is 11.9. The molecule has 0 fully saturated rings. The second-order valence-electron chi connectivity index (χ2n) is 5.57. The Kier molecular flexibility index (Phi) is 14.9. The van der Waals surface area contributed by atoms with Crippen LogP contribution in [0.15, 0.2) is 29.5 Å². The second kappa shape index (κ2) is 15.8. The average molecular weight is 478 g/mol. The molecule has 0 aliphatic heterocycles. The van der Waals surface area contributed by atoms with Gasteiger partial charge in [0.1, 0.15) is 0 Å². The predicted molar refractivity (Wildman–Crippen MR) is 115 cm³/mol. The molecule has 1 heterocycles. The summed E-state index contributed by atoms with van der Waals surface area (Å²) in [5, 5.41) is 9.26. The predicted octanol–water partition coefficient (Wildman–Crippen LogP) is 0.563. The molecule has 148 valence electrons. The molecular formula is C17H31IN6O2. The number of amides is 1. The lowest BCUT2D eigenvalue weighted by atomic mass is 10.3. The lowest BCUT2D eigenvalue weighted by molar-refractivity contribution is 0.0954. The summed E-state index contributed by atoms with van der Waals surface area (Å²) in [6, 6.07) is 3.48. The number of methoxy groups -OCH3 is 1. The number of nitrogens with one attached hydrogen (secondary N) is 3. The van der Waals surface area contributed by atoms with Gasteiger partial charge in [0, 0.05) is 65.9 Å². The first-order chi connectivity index (χ1) is 12.2. The van der Waals surface area contributed by atoms with Gasteiger partial charge < -0.3 is 25.6 Å². The van der Waals surface area contributed by atoms with E-state index in [-0.39, 0.29) is 29.9 Å². The fourth-order valence-corrected chi connectivity index (χ4v) is 2.13. The van der Waals surface area contributed by atoms with E-state index in [1.807, 2.05) is 0 Å². The summed E-state index contributed by atoms with van der Waals surface area (Å²) in [5.41, 5.74) is 0.557. The second-order valence-corrected chi connectivity index (χ2v) is 5.57. The molecule has 9 heteroatoms. The molecule has 0 saturated carbocycles. The molecule has 0 aliphatic rings. The van der Waals surface area contributed by atoms with Crippen LogP contribution < -0.4 is 16.0 Å². The molecular weight excluding hydrogens is 447 g/mol. The van der Waals surface area contributed by atoms with Crippen LogP contribution in [0.4, 0.5) is 0 Å². The van der Waals surface area contributed by atoms with Crippen molar-refractivity contribution >= 4 is 35.8 Å². The number of hydrogen-bond acceptors (Lipinski definition) is 5. The van der Waals surface area contributed by atoms with Crippen molar-refractivity contribution in [1.29, 1.82) is 0 Å². The van der Waals surface area contributed by atoms with Gasteiger partial charge in [0.25, 0.3) is 5.91 Å². The van der Waals surface area contributed by atoms with Gasteiger partial charge in [-0.2, -0.15) is 0 Å². The third kappa shape index (κ3) is 11.2. The Labute approximate surface area is 173 Å². The van der Waals surface area contributed by atoms with Crippen LogP contribution in [-0.2, 0) is 4.74 Å². The van der Waals surface area contributed by atoms with Crippen molar-refractivity contribution in [1.82, 2.24) is 25.8 Å². The standard InChI is InChI=1S/C17H30N6O2.HI/c1-18-17(22-10-12-23(2)11-5-13-25-3)21-9-8-20-16(24)15-6-4-7-19-14-15;/h4,6-7,14H,5,8-13H2,1-3H3,(H,20,24)(H2,18,21,22);1H. The average Bonchev–Trinajstić information content (AvgIpc) is 2.64. The Morgan fingerprint density at radius 2 is 1.96 bits per heavy atom. The summed E-state index contributed by atoms with van der Waals surface area (Å²) in [4.78, 5) is 22.2. The van der Waals surface area contributed by atoms with Gasteiger partial charge >= 0.3 is 0 Å². The van der Waals surface area contributed by atoms with Gasteiger partial charge in [-0.25, -0.2) is 0 Å². The van der Waals surface area contributed by atoms with Crippen molar-refractivity contribution in [3.63, 3.8) is 0 Å². The molecule has 0 radical (unpaired) electrons. The zero-order valence-corrected chi connectivity index (χ0v) is 18.2. The Hall–Kier alpha value is -1.46. The van der Waals surface area contributed by atoms with E-state index in [0.717, 1.165) is 38.6 Å². The number of nitrogens with zero attached hydrogens (tertiary/aromatic N) is 3. The minimum Gasteiger partial charge on any atom is -0.385 e. The third-order valence-corrected chi connectivity index (χ3v) is 3.52. The Morgan fingerprint density at radius 1 is 1.23 bits per heavy atom. The zero-order chi connectivity index (χ0) is 18.3. The summed E-state index contributed by atoms with van der Waals surface area (Å²) in [7, 11) is 5.53. The van der Waals surface area contributed by atoms with Crippen molar-refractivity contribution in [2.24, 2.45) is 4.99 Å². The normalized spacial score (nSPS) is 11.0. The Morgan fingerprint density at radius 3 is 2.62 bits per heavy atom. The minimum absolute atomic E-state index is 0. The van der Waals surface area contributed by atoms with Gasteiger partial charge in [0.2, 0.25) is 0 Å². The van der Waals surface area contributed by atoms with Crippen LogP contribution in [0.3, 0.4) is 0 Å². The van der Waals surface area contributed by atoms with Gasteiger partial charge in [-0.3, -0.25) is 14.8 Å². The molecule has 1 aromatic heterocycles. The molecule has 0 bridgehead atoms. The van der Waals surface area contributed by atoms with Crippen molar-refractivity contribution < 1.29 is 9.53 Å². The summed E-state index contributed by atoms with van der Waals surface area (Å²) >= 11 is 0. The number of pyridine rings is 1. The van der Waals surface area contributed by atoms with E-state index in [2.05, 4.69) is 37.9 Å². The Balaban J connectivity index is 0.00000625. The van der Waals surface area contributed by atoms with Crippen LogP contribution >= 0.6 is 24.0 Å². The molecule has 0 atom stereocenters. The number of ether oxygens (including phenoxy) is 1. The SMILES string of the molecule is CN=C(NCCNC(=O)c1cccnc1)NCCN(C)CCCOC.I. The lowest BCUT2D eigenvalue weighted by Gasteiger charge is -2.18. The summed E-state index contributed by atoms with van der Waals surface area (Å²) in [6.07, 6.45) is 4.21. The van der Waals surface area contributed by atoms with Crippen LogP contribution in [0.25, 0.3) is 0 Å². The quantitative estimate of drug-likeness (QED) is 0.187. The first-order valence-electron chi connectivity index (χ1n) is 8.47. The molecule has 0 aliphatic carbocycles. The highest BCUT2D eigenvalue weighted by molar-refractivity contribution is 14.0. The van der Waals surface area contributed by atoms with Gasteiger partial charge in [0.05, 0.1) is 5.56 Å². The van der Waals surface area contributed by atoms with Gasteiger partial charge in [-0.1, -0.05) is 0 Å². The highest BCUT2D eigenvalue weighted by Crippen LogP contribution is 1.94. The maximum Gasteiger partial charge on any atom is 0.252 e. The third-order valence-electron chi connectivity index (χ3n) is 3.52. The van der Waals surface area contributed by atoms with Crippen LogP contribution in [0.2, 0.25) is 0 Å². The molecule has 1 rings (SSSR count). The molecule has 26 heavy (non-hydrogen) atoms. The van der Waals surface area contributed by atoms with Crippen LogP contribution in [0, 0.1) is 0 Å². The molecule has 0 saturated heterocycles. The van der Waals surface area contributed by atoms with Gasteiger partial charge in [-0.05, 0) is 25.6 Å². The largest absolute Gasteiger partial charge is 0.385 e. The Bertz CT molecular complexity index is 515. The number of carbonyl (C=O) groups is 1. The maximum absolute atomic E-state index is 11.9. The van der Waals surface area contributed by atoms with E-state index in [1.54, 1.807) is 38.7 Å². The van der Waals surface area contributed by atoms with E-state index in [9.17, 15) is 4.79 Å². The van der Waals surface area contributed by atoms with Crippen LogP contribution in [-0.4, -0.2) is 82.3 Å². The fraction of sp³-hybridized carbons (Fsp3) is 0.588. The monoisotopic (exact) mass is 478 g/mol. The van der Waals surface area contributed by atoms with Crippen molar-refractivity contribution in [3.8, 4) is 0 Å². The number of guanidine groups is 1. The number of halogens is 1. The highest BCUT2D eigenvalue weighted by Gasteiger charge is 2.04. The molecule has 1 aromatic rings. The molecule has 0 unspecified atom stereocenters. The summed E-state index contributed by atoms with van der Waals surface area (Å²) < 4.78 is 5.05. The number of aliphatic imine (C=N–C) groups is 1. The molecule has 0 aromatic carbocycles. The van der Waals surface area contributed by atoms with E-state index >= 15 is 0 Å². The number of hydrogen-bond donors (Lipinski definition) is 3. The van der Waals surface area contributed by atoms with E-state index in [4.69, 9.17) is 4.74 Å². The van der Waals surface area contributed by atoms with E-state index < -0.39 is 0 Å². The molecule has 0 spiro atoms. The topological polar surface area (TPSA) is 90.9 Å². The summed E-state index contributed by atoms with van der Waals surface area (Å²) in [5.74, 6) is 0.594. The van der Waals surface area contributed by atoms with Crippen LogP contribution in [0.1, 0.15) is 16.8 Å². The molecule has 3 N–H and O–H groups in total. The van der Waals surface area contributed by atoms with Crippen LogP contribution in [0.5, 0.6) is 0 Å². The van der Waals surface area contributed by atoms with Crippen molar-refractivity contribution in [3.05, 3.63) is 30.1 Å². The smallest absolute Gasteiger partial charge is 0.252 e.